The molecule has 0 aromatic rings. The Morgan fingerprint density at radius 1 is 1.56 bits per heavy atom. The highest BCUT2D eigenvalue weighted by atomic mass is 79.9. The third kappa shape index (κ3) is 6.10. The van der Waals surface area contributed by atoms with Crippen LogP contribution in [0.3, 0.4) is 0 Å². The van der Waals surface area contributed by atoms with Crippen molar-refractivity contribution in [1.29, 1.82) is 0 Å². The molecule has 0 nitrogen and oxygen atoms in total. The number of hydrogen-bond donors (Lipinski definition) is 0. The first-order chi connectivity index (χ1) is 3.95. The summed E-state index contributed by atoms with van der Waals surface area (Å²) < 4.78 is 0.174. The van der Waals surface area contributed by atoms with Crippen LogP contribution in [-0.2, 0) is 0 Å². The van der Waals surface area contributed by atoms with Gasteiger partial charge in [0, 0.05) is 4.32 Å². The van der Waals surface area contributed by atoms with Gasteiger partial charge in [-0.15, -0.1) is 0 Å². The SMILES string of the molecule is CCC(C)=CC(C)(C)Br. The monoisotopic (exact) mass is 190 g/mol. The lowest BCUT2D eigenvalue weighted by Crippen LogP contribution is -2.04. The average Bonchev–Trinajstić information content (AvgIpc) is 1.62. The quantitative estimate of drug-likeness (QED) is 0.462. The van der Waals surface area contributed by atoms with Gasteiger partial charge in [-0.1, -0.05) is 34.5 Å². The second kappa shape index (κ2) is 3.40. The molecule has 0 spiro atoms. The first-order valence-corrected chi connectivity index (χ1v) is 4.12. The van der Waals surface area contributed by atoms with E-state index in [0.29, 0.717) is 0 Å². The number of allylic oxidation sites excluding steroid dienone is 2. The van der Waals surface area contributed by atoms with E-state index in [1.165, 1.54) is 5.57 Å². The zero-order chi connectivity index (χ0) is 7.49. The molecule has 0 heterocycles. The highest BCUT2D eigenvalue weighted by Crippen LogP contribution is 2.19. The van der Waals surface area contributed by atoms with E-state index in [1.807, 2.05) is 0 Å². The molecule has 0 saturated heterocycles. The summed E-state index contributed by atoms with van der Waals surface area (Å²) in [5.74, 6) is 0. The van der Waals surface area contributed by atoms with Crippen LogP contribution in [0.15, 0.2) is 11.6 Å². The fourth-order valence-electron chi connectivity index (χ4n) is 0.688. The highest BCUT2D eigenvalue weighted by molar-refractivity contribution is 9.10. The molecule has 0 N–H and O–H groups in total. The molecule has 0 radical (unpaired) electrons. The van der Waals surface area contributed by atoms with Crippen molar-refractivity contribution in [1.82, 2.24) is 0 Å². The van der Waals surface area contributed by atoms with Crippen LogP contribution >= 0.6 is 15.9 Å². The fourth-order valence-corrected chi connectivity index (χ4v) is 1.08. The van der Waals surface area contributed by atoms with Gasteiger partial charge in [-0.3, -0.25) is 0 Å². The maximum absolute atomic E-state index is 3.54. The molecule has 0 aliphatic carbocycles. The average molecular weight is 191 g/mol. The molecule has 0 bridgehead atoms. The van der Waals surface area contributed by atoms with Gasteiger partial charge in [-0.25, -0.2) is 0 Å². The lowest BCUT2D eigenvalue weighted by Gasteiger charge is -2.10. The van der Waals surface area contributed by atoms with Crippen molar-refractivity contribution in [3.63, 3.8) is 0 Å². The minimum atomic E-state index is 0.174. The van der Waals surface area contributed by atoms with Gasteiger partial charge in [-0.05, 0) is 27.2 Å². The van der Waals surface area contributed by atoms with Crippen molar-refractivity contribution in [2.75, 3.05) is 0 Å². The van der Waals surface area contributed by atoms with Crippen LogP contribution in [0.25, 0.3) is 0 Å². The molecule has 0 rings (SSSR count). The van der Waals surface area contributed by atoms with Gasteiger partial charge in [0.15, 0.2) is 0 Å². The zero-order valence-electron chi connectivity index (χ0n) is 6.66. The van der Waals surface area contributed by atoms with E-state index in [-0.39, 0.29) is 4.32 Å². The van der Waals surface area contributed by atoms with Gasteiger partial charge >= 0.3 is 0 Å². The molecule has 0 unspecified atom stereocenters. The molecule has 9 heavy (non-hydrogen) atoms. The molecule has 0 aromatic carbocycles. The van der Waals surface area contributed by atoms with Crippen molar-refractivity contribution in [2.45, 2.75) is 38.4 Å². The number of alkyl halides is 1. The van der Waals surface area contributed by atoms with Crippen LogP contribution in [0, 0.1) is 0 Å². The van der Waals surface area contributed by atoms with Crippen molar-refractivity contribution in [2.24, 2.45) is 0 Å². The van der Waals surface area contributed by atoms with E-state index in [1.54, 1.807) is 0 Å². The van der Waals surface area contributed by atoms with Crippen LogP contribution in [0.5, 0.6) is 0 Å². The van der Waals surface area contributed by atoms with Gasteiger partial charge in [0.2, 0.25) is 0 Å². The minimum absolute atomic E-state index is 0.174. The Labute approximate surface area is 66.5 Å². The Hall–Kier alpha value is 0.220. The van der Waals surface area contributed by atoms with E-state index >= 15 is 0 Å². The van der Waals surface area contributed by atoms with Gasteiger partial charge in [0.05, 0.1) is 0 Å². The van der Waals surface area contributed by atoms with Crippen LogP contribution in [0.1, 0.15) is 34.1 Å². The summed E-state index contributed by atoms with van der Waals surface area (Å²) in [6, 6.07) is 0. The Balaban J connectivity index is 3.95. The standard InChI is InChI=1S/C8H15Br/c1-5-7(2)6-8(3,4)9/h6H,5H2,1-4H3. The van der Waals surface area contributed by atoms with Gasteiger partial charge < -0.3 is 0 Å². The zero-order valence-corrected chi connectivity index (χ0v) is 8.25. The first kappa shape index (κ1) is 9.22. The third-order valence-electron chi connectivity index (χ3n) is 1.15. The maximum atomic E-state index is 3.54. The lowest BCUT2D eigenvalue weighted by atomic mass is 10.1. The summed E-state index contributed by atoms with van der Waals surface area (Å²) in [4.78, 5) is 0. The molecule has 54 valence electrons. The molecule has 0 aliphatic heterocycles. The predicted octanol–water partition coefficient (Wildman–Crippen LogP) is 3.52. The van der Waals surface area contributed by atoms with E-state index < -0.39 is 0 Å². The van der Waals surface area contributed by atoms with Crippen molar-refractivity contribution >= 4 is 15.9 Å². The Bertz CT molecular complexity index is 106. The summed E-state index contributed by atoms with van der Waals surface area (Å²) >= 11 is 3.54. The summed E-state index contributed by atoms with van der Waals surface area (Å²) in [5, 5.41) is 0. The molecular formula is C8H15Br. The Kier molecular flexibility index (Phi) is 3.49. The smallest absolute Gasteiger partial charge is 0.0382 e. The van der Waals surface area contributed by atoms with E-state index in [0.717, 1.165) is 6.42 Å². The maximum Gasteiger partial charge on any atom is 0.0382 e. The predicted molar refractivity (Wildman–Crippen MR) is 47.1 cm³/mol. The molecule has 0 fully saturated rings. The summed E-state index contributed by atoms with van der Waals surface area (Å²) in [5.41, 5.74) is 1.44. The minimum Gasteiger partial charge on any atom is -0.0814 e. The van der Waals surface area contributed by atoms with Gasteiger partial charge in [0.25, 0.3) is 0 Å². The summed E-state index contributed by atoms with van der Waals surface area (Å²) in [6.45, 7) is 8.62. The summed E-state index contributed by atoms with van der Waals surface area (Å²) in [6.07, 6.45) is 3.39. The van der Waals surface area contributed by atoms with Crippen LogP contribution in [-0.4, -0.2) is 4.32 Å². The normalized spacial score (nSPS) is 14.1. The number of halogens is 1. The largest absolute Gasteiger partial charge is 0.0814 e. The molecule has 1 heteroatoms. The first-order valence-electron chi connectivity index (χ1n) is 3.33. The highest BCUT2D eigenvalue weighted by Gasteiger charge is 2.06. The lowest BCUT2D eigenvalue weighted by molar-refractivity contribution is 0.893. The van der Waals surface area contributed by atoms with E-state index in [2.05, 4.69) is 49.7 Å². The molecule has 0 saturated carbocycles. The number of hydrogen-bond acceptors (Lipinski definition) is 0. The van der Waals surface area contributed by atoms with Crippen LogP contribution in [0.2, 0.25) is 0 Å². The topological polar surface area (TPSA) is 0 Å². The molecule has 0 aliphatic rings. The molecule has 0 amide bonds. The molecule has 0 aromatic heterocycles. The Morgan fingerprint density at radius 2 is 2.00 bits per heavy atom. The second-order valence-electron chi connectivity index (χ2n) is 2.91. The fraction of sp³-hybridized carbons (Fsp3) is 0.750. The van der Waals surface area contributed by atoms with Crippen LogP contribution in [0.4, 0.5) is 0 Å². The number of rotatable bonds is 2. The summed E-state index contributed by atoms with van der Waals surface area (Å²) in [7, 11) is 0. The second-order valence-corrected chi connectivity index (χ2v) is 4.95. The molecular weight excluding hydrogens is 176 g/mol. The third-order valence-corrected chi connectivity index (χ3v) is 1.38. The van der Waals surface area contributed by atoms with Gasteiger partial charge in [-0.2, -0.15) is 0 Å². The van der Waals surface area contributed by atoms with E-state index in [4.69, 9.17) is 0 Å². The van der Waals surface area contributed by atoms with Crippen molar-refractivity contribution < 1.29 is 0 Å². The van der Waals surface area contributed by atoms with Crippen molar-refractivity contribution in [3.8, 4) is 0 Å². The van der Waals surface area contributed by atoms with Gasteiger partial charge in [0.1, 0.15) is 0 Å². The van der Waals surface area contributed by atoms with Crippen LogP contribution < -0.4 is 0 Å². The Morgan fingerprint density at radius 3 is 2.11 bits per heavy atom. The van der Waals surface area contributed by atoms with E-state index in [9.17, 15) is 0 Å². The van der Waals surface area contributed by atoms with Crippen molar-refractivity contribution in [3.05, 3.63) is 11.6 Å². The molecule has 0 atom stereocenters.